The molecule has 2 N–H and O–H groups in total. The van der Waals surface area contributed by atoms with Gasteiger partial charge in [-0.15, -0.1) is 0 Å². The molecule has 0 fully saturated rings. The average molecular weight is 218 g/mol. The Bertz CT molecular complexity index is 341. The van der Waals surface area contributed by atoms with Crippen LogP contribution in [0.4, 0.5) is 5.69 Å². The lowest BCUT2D eigenvalue weighted by atomic mass is 10.1. The first-order chi connectivity index (χ1) is 6.22. The van der Waals surface area contributed by atoms with Gasteiger partial charge in [-0.2, -0.15) is 0 Å². The maximum absolute atomic E-state index is 8.96. The second-order valence-electron chi connectivity index (χ2n) is 3.12. The Balaban J connectivity index is 2.40. The summed E-state index contributed by atoms with van der Waals surface area (Å²) in [6.45, 7) is 0.114. The summed E-state index contributed by atoms with van der Waals surface area (Å²) in [4.78, 5) is 0. The fraction of sp³-hybridized carbons (Fsp3) is 0.333. The van der Waals surface area contributed by atoms with Gasteiger partial charge in [0.15, 0.2) is 0 Å². The van der Waals surface area contributed by atoms with Gasteiger partial charge in [-0.05, 0) is 18.1 Å². The normalized spacial score (nSPS) is 19.8. The van der Waals surface area contributed by atoms with Gasteiger partial charge in [0.2, 0.25) is 0 Å². The maximum atomic E-state index is 8.96. The summed E-state index contributed by atoms with van der Waals surface area (Å²) in [7, 11) is 0. The van der Waals surface area contributed by atoms with Crippen LogP contribution in [0.15, 0.2) is 12.1 Å². The molecular weight excluding hydrogens is 209 g/mol. The minimum Gasteiger partial charge on any atom is -0.394 e. The molecule has 1 aromatic carbocycles. The molecule has 2 rings (SSSR count). The third-order valence-electron chi connectivity index (χ3n) is 2.22. The Morgan fingerprint density at radius 3 is 2.92 bits per heavy atom. The predicted molar refractivity (Wildman–Crippen MR) is 54.7 cm³/mol. The number of anilines is 1. The van der Waals surface area contributed by atoms with Crippen molar-refractivity contribution in [2.24, 2.45) is 0 Å². The lowest BCUT2D eigenvalue weighted by Crippen LogP contribution is -2.19. The number of nitrogens with one attached hydrogen (secondary N) is 1. The van der Waals surface area contributed by atoms with Gasteiger partial charge >= 0.3 is 0 Å². The minimum absolute atomic E-state index is 0.0750. The molecule has 0 bridgehead atoms. The maximum Gasteiger partial charge on any atom is 0.0826 e. The number of aliphatic hydroxyl groups is 1. The highest BCUT2D eigenvalue weighted by molar-refractivity contribution is 6.43. The molecule has 0 spiro atoms. The molecule has 0 radical (unpaired) electrons. The summed E-state index contributed by atoms with van der Waals surface area (Å²) in [5, 5.41) is 13.2. The minimum atomic E-state index is 0.0750. The zero-order valence-electron chi connectivity index (χ0n) is 6.85. The third kappa shape index (κ3) is 1.50. The first-order valence-corrected chi connectivity index (χ1v) is 4.82. The van der Waals surface area contributed by atoms with E-state index in [-0.39, 0.29) is 12.6 Å². The molecule has 0 amide bonds. The zero-order chi connectivity index (χ0) is 9.42. The highest BCUT2D eigenvalue weighted by atomic mass is 35.5. The first kappa shape index (κ1) is 9.13. The largest absolute Gasteiger partial charge is 0.394 e. The standard InChI is InChI=1S/C9H9Cl2NO/c10-7-2-1-5-3-6(4-13)12-9(5)8(7)11/h1-2,6,12-13H,3-4H2. The second kappa shape index (κ2) is 3.37. The van der Waals surface area contributed by atoms with E-state index < -0.39 is 0 Å². The Labute approximate surface area is 86.5 Å². The molecule has 70 valence electrons. The number of halogens is 2. The van der Waals surface area contributed by atoms with Crippen LogP contribution in [0.25, 0.3) is 0 Å². The van der Waals surface area contributed by atoms with Crippen molar-refractivity contribution in [2.75, 3.05) is 11.9 Å². The molecule has 0 aliphatic carbocycles. The van der Waals surface area contributed by atoms with Gasteiger partial charge in [-0.1, -0.05) is 29.3 Å². The molecule has 0 aromatic heterocycles. The van der Waals surface area contributed by atoms with Crippen molar-refractivity contribution >= 4 is 28.9 Å². The number of hydrogen-bond donors (Lipinski definition) is 2. The molecule has 1 heterocycles. The molecule has 13 heavy (non-hydrogen) atoms. The molecule has 1 unspecified atom stereocenters. The van der Waals surface area contributed by atoms with E-state index in [1.807, 2.05) is 6.07 Å². The van der Waals surface area contributed by atoms with Crippen LogP contribution < -0.4 is 5.32 Å². The molecular formula is C9H9Cl2NO. The Morgan fingerprint density at radius 1 is 1.46 bits per heavy atom. The number of hydrogen-bond acceptors (Lipinski definition) is 2. The molecule has 4 heteroatoms. The summed E-state index contributed by atoms with van der Waals surface area (Å²) < 4.78 is 0. The molecule has 1 aromatic rings. The van der Waals surface area contributed by atoms with Gasteiger partial charge in [-0.3, -0.25) is 0 Å². The van der Waals surface area contributed by atoms with Crippen molar-refractivity contribution in [1.82, 2.24) is 0 Å². The monoisotopic (exact) mass is 217 g/mol. The van der Waals surface area contributed by atoms with E-state index in [1.165, 1.54) is 0 Å². The van der Waals surface area contributed by atoms with Crippen molar-refractivity contribution < 1.29 is 5.11 Å². The average Bonchev–Trinajstić information content (AvgIpc) is 2.55. The van der Waals surface area contributed by atoms with E-state index in [4.69, 9.17) is 28.3 Å². The van der Waals surface area contributed by atoms with Crippen LogP contribution in [0, 0.1) is 0 Å². The van der Waals surface area contributed by atoms with Crippen LogP contribution in [0.3, 0.4) is 0 Å². The van der Waals surface area contributed by atoms with Crippen LogP contribution in [-0.4, -0.2) is 17.8 Å². The second-order valence-corrected chi connectivity index (χ2v) is 3.91. The van der Waals surface area contributed by atoms with Crippen molar-refractivity contribution in [3.8, 4) is 0 Å². The van der Waals surface area contributed by atoms with Crippen molar-refractivity contribution in [3.05, 3.63) is 27.7 Å². The number of benzene rings is 1. The van der Waals surface area contributed by atoms with Crippen LogP contribution >= 0.6 is 23.2 Å². The fourth-order valence-corrected chi connectivity index (χ4v) is 1.94. The smallest absolute Gasteiger partial charge is 0.0826 e. The summed E-state index contributed by atoms with van der Waals surface area (Å²) in [6.07, 6.45) is 0.808. The lowest BCUT2D eigenvalue weighted by molar-refractivity contribution is 0.277. The topological polar surface area (TPSA) is 32.3 Å². The SMILES string of the molecule is OCC1Cc2ccc(Cl)c(Cl)c2N1. The molecule has 1 aliphatic rings. The van der Waals surface area contributed by atoms with E-state index in [9.17, 15) is 0 Å². The summed E-state index contributed by atoms with van der Waals surface area (Å²) >= 11 is 11.8. The predicted octanol–water partition coefficient (Wildman–Crippen LogP) is 2.32. The molecule has 1 aliphatic heterocycles. The van der Waals surface area contributed by atoms with Crippen LogP contribution in [0.1, 0.15) is 5.56 Å². The van der Waals surface area contributed by atoms with Crippen LogP contribution in [0.5, 0.6) is 0 Å². The van der Waals surface area contributed by atoms with E-state index >= 15 is 0 Å². The zero-order valence-corrected chi connectivity index (χ0v) is 8.36. The highest BCUT2D eigenvalue weighted by Gasteiger charge is 2.22. The van der Waals surface area contributed by atoms with E-state index in [0.717, 1.165) is 17.7 Å². The van der Waals surface area contributed by atoms with Gasteiger partial charge in [0.1, 0.15) is 0 Å². The fourth-order valence-electron chi connectivity index (χ4n) is 1.55. The summed E-state index contributed by atoms with van der Waals surface area (Å²) in [5.41, 5.74) is 1.99. The Hall–Kier alpha value is -0.440. The number of fused-ring (bicyclic) bond motifs is 1. The summed E-state index contributed by atoms with van der Waals surface area (Å²) in [6, 6.07) is 3.79. The molecule has 2 nitrogen and oxygen atoms in total. The van der Waals surface area contributed by atoms with Gasteiger partial charge in [0, 0.05) is 0 Å². The number of aliphatic hydroxyl groups excluding tert-OH is 1. The van der Waals surface area contributed by atoms with Crippen LogP contribution in [-0.2, 0) is 6.42 Å². The van der Waals surface area contributed by atoms with E-state index in [1.54, 1.807) is 6.07 Å². The van der Waals surface area contributed by atoms with Gasteiger partial charge < -0.3 is 10.4 Å². The van der Waals surface area contributed by atoms with Gasteiger partial charge in [0.25, 0.3) is 0 Å². The molecule has 0 saturated heterocycles. The van der Waals surface area contributed by atoms with Gasteiger partial charge in [-0.25, -0.2) is 0 Å². The highest BCUT2D eigenvalue weighted by Crippen LogP contribution is 2.37. The van der Waals surface area contributed by atoms with E-state index in [0.29, 0.717) is 10.0 Å². The summed E-state index contributed by atoms with van der Waals surface area (Å²) in [5.74, 6) is 0. The van der Waals surface area contributed by atoms with Crippen LogP contribution in [0.2, 0.25) is 10.0 Å². The van der Waals surface area contributed by atoms with E-state index in [2.05, 4.69) is 5.32 Å². The Kier molecular flexibility index (Phi) is 2.37. The Morgan fingerprint density at radius 2 is 2.23 bits per heavy atom. The lowest BCUT2D eigenvalue weighted by Gasteiger charge is -2.07. The number of rotatable bonds is 1. The molecule has 1 atom stereocenters. The third-order valence-corrected chi connectivity index (χ3v) is 3.02. The first-order valence-electron chi connectivity index (χ1n) is 4.06. The van der Waals surface area contributed by atoms with Crippen molar-refractivity contribution in [1.29, 1.82) is 0 Å². The van der Waals surface area contributed by atoms with Crippen molar-refractivity contribution in [3.63, 3.8) is 0 Å². The van der Waals surface area contributed by atoms with Gasteiger partial charge in [0.05, 0.1) is 28.4 Å². The quantitative estimate of drug-likeness (QED) is 0.758. The van der Waals surface area contributed by atoms with Crippen molar-refractivity contribution in [2.45, 2.75) is 12.5 Å². The molecule has 0 saturated carbocycles.